The molecule has 0 aliphatic heterocycles. The number of hydrogen-bond acceptors (Lipinski definition) is 3. The molecule has 0 unspecified atom stereocenters. The Morgan fingerprint density at radius 1 is 1.00 bits per heavy atom. The number of hydrogen-bond donors (Lipinski definition) is 1. The van der Waals surface area contributed by atoms with Gasteiger partial charge < -0.3 is 9.73 Å². The van der Waals surface area contributed by atoms with Crippen molar-refractivity contribution in [3.63, 3.8) is 0 Å². The molecule has 1 amide bonds. The molecule has 0 spiro atoms. The Morgan fingerprint density at radius 2 is 1.81 bits per heavy atom. The second kappa shape index (κ2) is 8.07. The van der Waals surface area contributed by atoms with Crippen molar-refractivity contribution in [1.82, 2.24) is 5.32 Å². The number of carbonyl (C=O) groups is 1. The predicted molar refractivity (Wildman–Crippen MR) is 114 cm³/mol. The third-order valence-electron chi connectivity index (χ3n) is 4.36. The lowest BCUT2D eigenvalue weighted by molar-refractivity contribution is 0.0930. The summed E-state index contributed by atoms with van der Waals surface area (Å²) in [7, 11) is 0. The van der Waals surface area contributed by atoms with Gasteiger partial charge in [0.05, 0.1) is 0 Å². The maximum Gasteiger partial charge on any atom is 0.287 e. The molecular formula is C22H18ClNO2S. The Balaban J connectivity index is 1.34. The van der Waals surface area contributed by atoms with Crippen molar-refractivity contribution >= 4 is 51.0 Å². The van der Waals surface area contributed by atoms with Gasteiger partial charge in [0.15, 0.2) is 5.76 Å². The zero-order valence-corrected chi connectivity index (χ0v) is 16.1. The summed E-state index contributed by atoms with van der Waals surface area (Å²) in [4.78, 5) is 12.4. The van der Waals surface area contributed by atoms with E-state index in [9.17, 15) is 4.79 Å². The molecule has 3 aromatic carbocycles. The Bertz CT molecular complexity index is 1090. The Morgan fingerprint density at radius 3 is 2.67 bits per heavy atom. The Hall–Kier alpha value is -2.43. The largest absolute Gasteiger partial charge is 0.451 e. The molecule has 0 fully saturated rings. The first-order chi connectivity index (χ1) is 13.2. The van der Waals surface area contributed by atoms with Crippen LogP contribution in [0, 0.1) is 0 Å². The van der Waals surface area contributed by atoms with Crippen LogP contribution in [-0.4, -0.2) is 18.2 Å². The van der Waals surface area contributed by atoms with Crippen molar-refractivity contribution in [3.05, 3.63) is 83.1 Å². The van der Waals surface area contributed by atoms with Crippen LogP contribution in [0.1, 0.15) is 16.1 Å². The topological polar surface area (TPSA) is 42.2 Å². The normalized spacial score (nSPS) is 11.1. The van der Waals surface area contributed by atoms with Gasteiger partial charge in [0.2, 0.25) is 0 Å². The summed E-state index contributed by atoms with van der Waals surface area (Å²) in [5.41, 5.74) is 1.95. The third kappa shape index (κ3) is 4.12. The highest BCUT2D eigenvalue weighted by Crippen LogP contribution is 2.28. The summed E-state index contributed by atoms with van der Waals surface area (Å²) in [5.74, 6) is 1.90. The average molecular weight is 396 g/mol. The van der Waals surface area contributed by atoms with Crippen LogP contribution >= 0.6 is 23.4 Å². The van der Waals surface area contributed by atoms with Crippen LogP contribution in [0.5, 0.6) is 0 Å². The van der Waals surface area contributed by atoms with Gasteiger partial charge in [0, 0.05) is 28.5 Å². The fourth-order valence-electron chi connectivity index (χ4n) is 3.00. The molecule has 0 atom stereocenters. The number of fused-ring (bicyclic) bond motifs is 3. The van der Waals surface area contributed by atoms with Crippen LogP contribution < -0.4 is 5.32 Å². The van der Waals surface area contributed by atoms with E-state index >= 15 is 0 Å². The third-order valence-corrected chi connectivity index (χ3v) is 5.65. The minimum atomic E-state index is -0.178. The van der Waals surface area contributed by atoms with E-state index in [2.05, 4.69) is 11.4 Å². The monoisotopic (exact) mass is 395 g/mol. The van der Waals surface area contributed by atoms with Crippen molar-refractivity contribution in [2.24, 2.45) is 0 Å². The van der Waals surface area contributed by atoms with Gasteiger partial charge in [-0.3, -0.25) is 4.79 Å². The van der Waals surface area contributed by atoms with Crippen molar-refractivity contribution in [2.45, 2.75) is 5.75 Å². The SMILES string of the molecule is O=C(NCCSCc1ccc(Cl)cc1)c1cc2c(ccc3ccccc32)o1. The van der Waals surface area contributed by atoms with E-state index in [0.717, 1.165) is 38.3 Å². The lowest BCUT2D eigenvalue weighted by atomic mass is 10.1. The average Bonchev–Trinajstić information content (AvgIpc) is 3.14. The van der Waals surface area contributed by atoms with Gasteiger partial charge in [-0.1, -0.05) is 54.1 Å². The van der Waals surface area contributed by atoms with Crippen LogP contribution in [-0.2, 0) is 5.75 Å². The van der Waals surface area contributed by atoms with E-state index in [1.807, 2.05) is 60.7 Å². The van der Waals surface area contributed by atoms with E-state index < -0.39 is 0 Å². The molecule has 0 saturated carbocycles. The van der Waals surface area contributed by atoms with Crippen LogP contribution in [0.4, 0.5) is 0 Å². The summed E-state index contributed by atoms with van der Waals surface area (Å²) < 4.78 is 5.74. The van der Waals surface area contributed by atoms with Crippen molar-refractivity contribution in [1.29, 1.82) is 0 Å². The molecule has 4 aromatic rings. The minimum Gasteiger partial charge on any atom is -0.451 e. The summed E-state index contributed by atoms with van der Waals surface area (Å²) >= 11 is 7.65. The number of thioether (sulfide) groups is 1. The fourth-order valence-corrected chi connectivity index (χ4v) is 3.94. The standard InChI is InChI=1S/C22H18ClNO2S/c23-17-8-5-15(6-9-17)14-27-12-11-24-22(25)21-13-19-18-4-2-1-3-16(18)7-10-20(19)26-21/h1-10,13H,11-12,14H2,(H,24,25). The van der Waals surface area contributed by atoms with E-state index in [-0.39, 0.29) is 5.91 Å². The van der Waals surface area contributed by atoms with E-state index in [1.54, 1.807) is 11.8 Å². The first-order valence-corrected chi connectivity index (χ1v) is 10.3. The molecule has 27 heavy (non-hydrogen) atoms. The quantitative estimate of drug-likeness (QED) is 0.413. The molecule has 0 aliphatic rings. The van der Waals surface area contributed by atoms with Gasteiger partial charge >= 0.3 is 0 Å². The van der Waals surface area contributed by atoms with Crippen LogP contribution in [0.2, 0.25) is 5.02 Å². The molecular weight excluding hydrogens is 378 g/mol. The number of furan rings is 1. The molecule has 1 N–H and O–H groups in total. The van der Waals surface area contributed by atoms with Crippen LogP contribution in [0.3, 0.4) is 0 Å². The molecule has 1 heterocycles. The van der Waals surface area contributed by atoms with Gasteiger partial charge in [0.25, 0.3) is 5.91 Å². The van der Waals surface area contributed by atoms with E-state index in [0.29, 0.717) is 12.3 Å². The first kappa shape index (κ1) is 18.0. The number of amides is 1. The second-order valence-corrected chi connectivity index (χ2v) is 7.79. The molecule has 0 bridgehead atoms. The summed E-state index contributed by atoms with van der Waals surface area (Å²) in [6.45, 7) is 0.592. The molecule has 0 saturated heterocycles. The maximum absolute atomic E-state index is 12.4. The highest BCUT2D eigenvalue weighted by molar-refractivity contribution is 7.98. The zero-order valence-electron chi connectivity index (χ0n) is 14.6. The van der Waals surface area contributed by atoms with Gasteiger partial charge in [-0.15, -0.1) is 0 Å². The number of halogens is 1. The highest BCUT2D eigenvalue weighted by Gasteiger charge is 2.13. The summed E-state index contributed by atoms with van der Waals surface area (Å²) in [5, 5.41) is 6.87. The zero-order chi connectivity index (χ0) is 18.6. The molecule has 1 aromatic heterocycles. The molecule has 3 nitrogen and oxygen atoms in total. The molecule has 136 valence electrons. The lowest BCUT2D eigenvalue weighted by Crippen LogP contribution is -2.25. The van der Waals surface area contributed by atoms with Crippen molar-refractivity contribution in [2.75, 3.05) is 12.3 Å². The van der Waals surface area contributed by atoms with Crippen LogP contribution in [0.25, 0.3) is 21.7 Å². The van der Waals surface area contributed by atoms with Crippen LogP contribution in [0.15, 0.2) is 71.1 Å². The first-order valence-electron chi connectivity index (χ1n) is 8.72. The Kier molecular flexibility index (Phi) is 5.37. The highest BCUT2D eigenvalue weighted by atomic mass is 35.5. The molecule has 5 heteroatoms. The van der Waals surface area contributed by atoms with Gasteiger partial charge in [-0.05, 0) is 40.6 Å². The lowest BCUT2D eigenvalue weighted by Gasteiger charge is -2.04. The second-order valence-electron chi connectivity index (χ2n) is 6.24. The fraction of sp³-hybridized carbons (Fsp3) is 0.136. The number of rotatable bonds is 6. The van der Waals surface area contributed by atoms with E-state index in [4.69, 9.17) is 16.0 Å². The minimum absolute atomic E-state index is 0.178. The van der Waals surface area contributed by atoms with Gasteiger partial charge in [0.1, 0.15) is 5.58 Å². The van der Waals surface area contributed by atoms with Crippen molar-refractivity contribution in [3.8, 4) is 0 Å². The molecule has 4 rings (SSSR count). The van der Waals surface area contributed by atoms with Crippen molar-refractivity contribution < 1.29 is 9.21 Å². The van der Waals surface area contributed by atoms with Gasteiger partial charge in [-0.25, -0.2) is 0 Å². The summed E-state index contributed by atoms with van der Waals surface area (Å²) in [6, 6.07) is 21.7. The number of carbonyl (C=O) groups excluding carboxylic acids is 1. The predicted octanol–water partition coefficient (Wildman–Crippen LogP) is 5.90. The smallest absolute Gasteiger partial charge is 0.287 e. The van der Waals surface area contributed by atoms with E-state index in [1.165, 1.54) is 5.56 Å². The van der Waals surface area contributed by atoms with Gasteiger partial charge in [-0.2, -0.15) is 11.8 Å². The summed E-state index contributed by atoms with van der Waals surface area (Å²) in [6.07, 6.45) is 0. The number of benzene rings is 3. The Labute approximate surface area is 166 Å². The molecule has 0 radical (unpaired) electrons. The number of nitrogens with one attached hydrogen (secondary N) is 1. The molecule has 0 aliphatic carbocycles. The maximum atomic E-state index is 12.4.